The van der Waals surface area contributed by atoms with Crippen molar-refractivity contribution in [1.82, 2.24) is 9.55 Å². The van der Waals surface area contributed by atoms with Crippen LogP contribution in [0.5, 0.6) is 0 Å². The third-order valence-electron chi connectivity index (χ3n) is 7.06. The van der Waals surface area contributed by atoms with Gasteiger partial charge < -0.3 is 34.5 Å². The molecule has 1 aliphatic carbocycles. The number of rotatable bonds is 9. The summed E-state index contributed by atoms with van der Waals surface area (Å²) in [6.07, 6.45) is -5.44. The minimum Gasteiger partial charge on any atom is -0.387 e. The summed E-state index contributed by atoms with van der Waals surface area (Å²) in [7, 11) is -17.4. The van der Waals surface area contributed by atoms with E-state index in [1.54, 1.807) is 0 Å². The maximum Gasteiger partial charge on any atom is 0.479 e. The van der Waals surface area contributed by atoms with E-state index < -0.39 is 69.6 Å². The summed E-state index contributed by atoms with van der Waals surface area (Å²) in [5, 5.41) is 21.3. The van der Waals surface area contributed by atoms with Gasteiger partial charge in [0.1, 0.15) is 23.0 Å². The third-order valence-corrected chi connectivity index (χ3v) is 15.1. The second-order valence-corrected chi connectivity index (χ2v) is 18.3. The topological polar surface area (TPSA) is 238 Å². The molecule has 2 aliphatic rings. The molecule has 3 aromatic rings. The van der Waals surface area contributed by atoms with E-state index in [4.69, 9.17) is 49.9 Å². The van der Waals surface area contributed by atoms with Crippen molar-refractivity contribution in [2.24, 2.45) is 0 Å². The first-order chi connectivity index (χ1) is 20.4. The molecule has 1 aliphatic heterocycles. The minimum atomic E-state index is -5.94. The molecule has 2 aromatic carbocycles. The second-order valence-electron chi connectivity index (χ2n) is 9.82. The molecule has 7 N–H and O–H groups in total. The number of fused-ring (bicyclic) bond motifs is 3. The monoisotopic (exact) mass is 730 g/mol. The molecule has 0 amide bonds. The molecule has 1 saturated heterocycles. The van der Waals surface area contributed by atoms with Gasteiger partial charge in [-0.05, 0) is 22.3 Å². The van der Waals surface area contributed by atoms with Crippen molar-refractivity contribution in [3.05, 3.63) is 86.5 Å². The van der Waals surface area contributed by atoms with Gasteiger partial charge in [0.25, 0.3) is 0 Å². The Hall–Kier alpha value is -1.55. The number of hydrogen-bond acceptors (Lipinski definition) is 10. The Balaban J connectivity index is 1.40. The van der Waals surface area contributed by atoms with Gasteiger partial charge in [-0.1, -0.05) is 84.0 Å². The molecule has 0 bridgehead atoms. The Labute approximate surface area is 262 Å². The van der Waals surface area contributed by atoms with Crippen LogP contribution >= 0.6 is 58.4 Å². The van der Waals surface area contributed by atoms with Gasteiger partial charge in [-0.3, -0.25) is 23.2 Å². The van der Waals surface area contributed by atoms with Crippen LogP contribution in [0.2, 0.25) is 0 Å². The van der Waals surface area contributed by atoms with Crippen LogP contribution in [0.15, 0.2) is 59.5 Å². The van der Waals surface area contributed by atoms with E-state index in [1.165, 1.54) is 6.20 Å². The zero-order chi connectivity index (χ0) is 32.4. The Bertz CT molecular complexity index is 1840. The molecule has 6 atom stereocenters. The van der Waals surface area contributed by atoms with Crippen LogP contribution in [0.3, 0.4) is 0 Å². The minimum absolute atomic E-state index is 0.118. The predicted octanol–water partition coefficient (Wildman–Crippen LogP) is 3.27. The molecule has 2 unspecified atom stereocenters. The number of hydrogen-bond donors (Lipinski definition) is 7. The van der Waals surface area contributed by atoms with Gasteiger partial charge in [0, 0.05) is 17.7 Å². The van der Waals surface area contributed by atoms with Crippen LogP contribution in [-0.4, -0.2) is 68.1 Å². The summed E-state index contributed by atoms with van der Waals surface area (Å²) >= 11 is 16.0. The number of aromatic nitrogens is 2. The molecule has 1 fully saturated rings. The fraction of sp³-hybridized carbons (Fsp3) is 0.304. The molecular weight excluding hydrogens is 708 g/mol. The molecule has 2 heterocycles. The van der Waals surface area contributed by atoms with Crippen LogP contribution in [0, 0.1) is 4.64 Å². The number of phosphoric acid groups is 1. The summed E-state index contributed by atoms with van der Waals surface area (Å²) in [5.74, 6) is -0.406. The van der Waals surface area contributed by atoms with Gasteiger partial charge >= 0.3 is 32.5 Å². The number of aromatic amines is 1. The van der Waals surface area contributed by atoms with Gasteiger partial charge in [-0.25, -0.2) is 13.7 Å². The van der Waals surface area contributed by atoms with Crippen molar-refractivity contribution in [3.8, 4) is 11.1 Å². The summed E-state index contributed by atoms with van der Waals surface area (Å²) in [6.45, 7) is -1.08. The standard InChI is InChI=1S/C23H23Cl2N2O13P3S/c24-23(25,41(31,32)33)42(34,35)40-43(36,37)38-10-16-18(28)19(29)21(39-16)27-9-15(20(44)26-22(27)30)17-13-7-3-1-5-11(13)12-6-2-4-8-14(12)17/h1-9,16-19,21,28-29H,10H2,(H,34,35)(H,36,37)(H,26,30,44)(H2,31,32,33)/t16-,18-,19-,21-/m1/s1. The number of H-pyrrole nitrogens is 1. The number of halogens is 2. The fourth-order valence-corrected chi connectivity index (χ4v) is 9.52. The molecule has 5 rings (SSSR count). The summed E-state index contributed by atoms with van der Waals surface area (Å²) < 4.78 is 47.3. The molecule has 21 heteroatoms. The van der Waals surface area contributed by atoms with E-state index in [-0.39, 0.29) is 4.64 Å². The van der Waals surface area contributed by atoms with Gasteiger partial charge in [0.05, 0.1) is 6.61 Å². The van der Waals surface area contributed by atoms with Crippen LogP contribution in [0.25, 0.3) is 11.1 Å². The third kappa shape index (κ3) is 6.00. The SMILES string of the molecule is O=c1[nH]c(=S)c(C2c3ccccc3-c3ccccc32)cn1[C@@H]1O[C@H](COP(=O)(O)OP(=O)(O)C(Cl)(Cl)P(=O)(O)O)[C@@H](O)[C@H]1O. The van der Waals surface area contributed by atoms with E-state index in [0.717, 1.165) is 26.8 Å². The molecule has 0 radical (unpaired) electrons. The highest BCUT2D eigenvalue weighted by molar-refractivity contribution is 7.81. The van der Waals surface area contributed by atoms with Gasteiger partial charge in [-0.15, -0.1) is 0 Å². The number of phosphoric ester groups is 1. The lowest BCUT2D eigenvalue weighted by Crippen LogP contribution is -2.36. The van der Waals surface area contributed by atoms with E-state index >= 15 is 0 Å². The van der Waals surface area contributed by atoms with E-state index in [1.807, 2.05) is 48.5 Å². The quantitative estimate of drug-likeness (QED) is 0.0744. The normalized spacial score (nSPS) is 24.8. The molecule has 238 valence electrons. The van der Waals surface area contributed by atoms with E-state index in [2.05, 4.69) is 13.8 Å². The predicted molar refractivity (Wildman–Crippen MR) is 158 cm³/mol. The molecule has 44 heavy (non-hydrogen) atoms. The average Bonchev–Trinajstić information content (AvgIpc) is 3.40. The van der Waals surface area contributed by atoms with Gasteiger partial charge in [0.15, 0.2) is 6.23 Å². The van der Waals surface area contributed by atoms with E-state index in [0.29, 0.717) is 5.56 Å². The zero-order valence-electron chi connectivity index (χ0n) is 21.8. The van der Waals surface area contributed by atoms with Gasteiger partial charge in [-0.2, -0.15) is 0 Å². The van der Waals surface area contributed by atoms with Crippen molar-refractivity contribution < 1.29 is 57.1 Å². The van der Waals surface area contributed by atoms with Crippen LogP contribution in [0.4, 0.5) is 0 Å². The summed E-state index contributed by atoms with van der Waals surface area (Å²) in [6, 6.07) is 15.2. The zero-order valence-corrected chi connectivity index (χ0v) is 26.8. The summed E-state index contributed by atoms with van der Waals surface area (Å²) in [4.78, 5) is 53.4. The maximum atomic E-state index is 13.0. The Morgan fingerprint density at radius 1 is 0.932 bits per heavy atom. The van der Waals surface area contributed by atoms with E-state index in [9.17, 15) is 38.5 Å². The number of benzene rings is 2. The van der Waals surface area contributed by atoms with Crippen LogP contribution < -0.4 is 5.69 Å². The number of nitrogens with zero attached hydrogens (tertiary/aromatic N) is 1. The molecule has 1 aromatic heterocycles. The van der Waals surface area contributed by atoms with Gasteiger partial charge in [0.2, 0.25) is 0 Å². The lowest BCUT2D eigenvalue weighted by Gasteiger charge is -2.26. The molecular formula is C23H23Cl2N2O13P3S. The molecule has 0 saturated carbocycles. The first-order valence-corrected chi connectivity index (χ1v) is 18.2. The summed E-state index contributed by atoms with van der Waals surface area (Å²) in [5.41, 5.74) is 3.42. The van der Waals surface area contributed by atoms with Crippen molar-refractivity contribution in [2.45, 2.75) is 34.3 Å². The fourth-order valence-electron chi connectivity index (χ4n) is 5.03. The highest BCUT2D eigenvalue weighted by Gasteiger charge is 2.62. The largest absolute Gasteiger partial charge is 0.479 e. The lowest BCUT2D eigenvalue weighted by atomic mass is 9.91. The number of aliphatic hydroxyl groups is 2. The van der Waals surface area contributed by atoms with Crippen molar-refractivity contribution in [3.63, 3.8) is 0 Å². The lowest BCUT2D eigenvalue weighted by molar-refractivity contribution is -0.0542. The highest BCUT2D eigenvalue weighted by Crippen LogP contribution is 2.79. The van der Waals surface area contributed by atoms with Crippen molar-refractivity contribution in [1.29, 1.82) is 0 Å². The van der Waals surface area contributed by atoms with Crippen LogP contribution in [0.1, 0.15) is 28.8 Å². The number of aliphatic hydroxyl groups excluding tert-OH is 2. The van der Waals surface area contributed by atoms with Crippen molar-refractivity contribution in [2.75, 3.05) is 6.61 Å². The Morgan fingerprint density at radius 2 is 1.48 bits per heavy atom. The first-order valence-electron chi connectivity index (χ1n) is 12.4. The highest BCUT2D eigenvalue weighted by atomic mass is 35.5. The van der Waals surface area contributed by atoms with Crippen molar-refractivity contribution >= 4 is 58.4 Å². The molecule has 0 spiro atoms. The molecule has 15 nitrogen and oxygen atoms in total. The number of alkyl halides is 2. The maximum absolute atomic E-state index is 13.0. The Kier molecular flexibility index (Phi) is 9.15. The smallest absolute Gasteiger partial charge is 0.387 e. The average molecular weight is 731 g/mol. The number of ether oxygens (including phenoxy) is 1. The first kappa shape index (κ1) is 33.8. The Morgan fingerprint density at radius 3 is 2.02 bits per heavy atom. The second kappa shape index (κ2) is 11.9. The van der Waals surface area contributed by atoms with Crippen LogP contribution in [-0.2, 0) is 27.3 Å². The number of nitrogens with one attached hydrogen (secondary N) is 1.